The van der Waals surface area contributed by atoms with Gasteiger partial charge in [0.25, 0.3) is 11.8 Å². The van der Waals surface area contributed by atoms with E-state index in [2.05, 4.69) is 15.5 Å². The molecule has 0 aromatic heterocycles. The molecule has 2 aromatic carbocycles. The summed E-state index contributed by atoms with van der Waals surface area (Å²) in [7, 11) is 1.28. The molecule has 37 heavy (non-hydrogen) atoms. The van der Waals surface area contributed by atoms with Crippen LogP contribution in [0.25, 0.3) is 0 Å². The maximum Gasteiger partial charge on any atom is 0.411 e. The quantitative estimate of drug-likeness (QED) is 0.567. The van der Waals surface area contributed by atoms with Crippen LogP contribution in [0.5, 0.6) is 0 Å². The molecule has 9 nitrogen and oxygen atoms in total. The number of anilines is 2. The molecular formula is C27H34FN5O4. The number of halogens is 1. The van der Waals surface area contributed by atoms with Crippen LogP contribution in [0.1, 0.15) is 52.8 Å². The van der Waals surface area contributed by atoms with Gasteiger partial charge in [0, 0.05) is 49.4 Å². The van der Waals surface area contributed by atoms with E-state index in [9.17, 15) is 18.8 Å². The molecule has 1 saturated heterocycles. The monoisotopic (exact) mass is 511 g/mol. The van der Waals surface area contributed by atoms with E-state index in [0.29, 0.717) is 49.4 Å². The first-order chi connectivity index (χ1) is 17.8. The lowest BCUT2D eigenvalue weighted by atomic mass is 9.91. The summed E-state index contributed by atoms with van der Waals surface area (Å²) in [5, 5.41) is 5.80. The number of benzene rings is 2. The van der Waals surface area contributed by atoms with Crippen LogP contribution >= 0.6 is 0 Å². The number of nitrogens with one attached hydrogen (secondary N) is 2. The Kier molecular flexibility index (Phi) is 8.60. The molecule has 4 N–H and O–H groups in total. The van der Waals surface area contributed by atoms with Crippen molar-refractivity contribution in [1.29, 1.82) is 0 Å². The predicted octanol–water partition coefficient (Wildman–Crippen LogP) is 3.36. The number of carbonyl (C=O) groups excluding carboxylic acids is 3. The summed E-state index contributed by atoms with van der Waals surface area (Å²) in [4.78, 5) is 41.7. The largest absolute Gasteiger partial charge is 0.453 e. The topological polar surface area (TPSA) is 117 Å². The molecule has 0 spiro atoms. The molecule has 198 valence electrons. The standard InChI is InChI=1S/C27H34FN5O4/c1-37-27(36)31-23-17-18(25(34)30-22-9-7-21(29)8-10-22)6-11-24(23)32-12-3-13-33(15-14-32)26(35)19-4-2-5-20(28)16-19/h2,4-6,11,16-17,21-22H,3,7-10,12-15,29H2,1H3,(H,30,34)(H,31,36). The van der Waals surface area contributed by atoms with Gasteiger partial charge >= 0.3 is 6.09 Å². The molecule has 0 bridgehead atoms. The fourth-order valence-corrected chi connectivity index (χ4v) is 4.91. The van der Waals surface area contributed by atoms with Crippen molar-refractivity contribution in [3.63, 3.8) is 0 Å². The van der Waals surface area contributed by atoms with Gasteiger partial charge in [0.1, 0.15) is 5.82 Å². The van der Waals surface area contributed by atoms with Gasteiger partial charge in [0.2, 0.25) is 0 Å². The summed E-state index contributed by atoms with van der Waals surface area (Å²) >= 11 is 0. The second-order valence-electron chi connectivity index (χ2n) is 9.58. The highest BCUT2D eigenvalue weighted by Crippen LogP contribution is 2.29. The Balaban J connectivity index is 1.48. The Bertz CT molecular complexity index is 1140. The number of hydrogen-bond acceptors (Lipinski definition) is 6. The summed E-state index contributed by atoms with van der Waals surface area (Å²) < 4.78 is 18.4. The van der Waals surface area contributed by atoms with Crippen LogP contribution in [0, 0.1) is 5.82 Å². The summed E-state index contributed by atoms with van der Waals surface area (Å²) in [5.41, 5.74) is 7.90. The second-order valence-corrected chi connectivity index (χ2v) is 9.58. The van der Waals surface area contributed by atoms with Gasteiger partial charge in [-0.25, -0.2) is 9.18 Å². The minimum Gasteiger partial charge on any atom is -0.453 e. The molecule has 1 aliphatic carbocycles. The Hall–Kier alpha value is -3.66. The maximum absolute atomic E-state index is 13.6. The number of rotatable bonds is 5. The van der Waals surface area contributed by atoms with Crippen LogP contribution < -0.4 is 21.3 Å². The minimum atomic E-state index is -0.641. The van der Waals surface area contributed by atoms with E-state index in [-0.39, 0.29) is 23.9 Å². The normalized spacial score (nSPS) is 20.1. The smallest absolute Gasteiger partial charge is 0.411 e. The summed E-state index contributed by atoms with van der Waals surface area (Å²) in [5.74, 6) is -0.871. The van der Waals surface area contributed by atoms with E-state index in [0.717, 1.165) is 31.4 Å². The summed E-state index contributed by atoms with van der Waals surface area (Å²) in [6, 6.07) is 11.2. The lowest BCUT2D eigenvalue weighted by Crippen LogP contribution is -2.40. The first-order valence-corrected chi connectivity index (χ1v) is 12.7. The van der Waals surface area contributed by atoms with Crippen molar-refractivity contribution in [2.45, 2.75) is 44.2 Å². The highest BCUT2D eigenvalue weighted by atomic mass is 19.1. The van der Waals surface area contributed by atoms with Crippen molar-refractivity contribution in [1.82, 2.24) is 10.2 Å². The van der Waals surface area contributed by atoms with Crippen LogP contribution in [0.4, 0.5) is 20.6 Å². The molecule has 1 saturated carbocycles. The SMILES string of the molecule is COC(=O)Nc1cc(C(=O)NC2CCC(N)CC2)ccc1N1CCCN(C(=O)c2cccc(F)c2)CC1. The lowest BCUT2D eigenvalue weighted by Gasteiger charge is -2.28. The van der Waals surface area contributed by atoms with E-state index in [4.69, 9.17) is 10.5 Å². The number of ether oxygens (including phenoxy) is 1. The maximum atomic E-state index is 13.6. The molecule has 10 heteroatoms. The zero-order valence-electron chi connectivity index (χ0n) is 21.0. The molecule has 4 rings (SSSR count). The van der Waals surface area contributed by atoms with Gasteiger partial charge in [-0.05, 0) is 68.5 Å². The van der Waals surface area contributed by atoms with Gasteiger partial charge in [-0.1, -0.05) is 6.07 Å². The molecule has 0 atom stereocenters. The highest BCUT2D eigenvalue weighted by Gasteiger charge is 2.24. The third-order valence-corrected chi connectivity index (χ3v) is 6.98. The molecule has 0 unspecified atom stereocenters. The van der Waals surface area contributed by atoms with Gasteiger partial charge in [0.15, 0.2) is 0 Å². The zero-order valence-corrected chi connectivity index (χ0v) is 21.0. The van der Waals surface area contributed by atoms with E-state index < -0.39 is 11.9 Å². The first-order valence-electron chi connectivity index (χ1n) is 12.7. The van der Waals surface area contributed by atoms with Gasteiger partial charge in [-0.2, -0.15) is 0 Å². The van der Waals surface area contributed by atoms with Crippen LogP contribution in [0.15, 0.2) is 42.5 Å². The Morgan fingerprint density at radius 2 is 1.76 bits per heavy atom. The molecule has 2 fully saturated rings. The highest BCUT2D eigenvalue weighted by molar-refractivity contribution is 5.99. The molecule has 3 amide bonds. The Morgan fingerprint density at radius 3 is 2.49 bits per heavy atom. The average molecular weight is 512 g/mol. The predicted molar refractivity (Wildman–Crippen MR) is 139 cm³/mol. The van der Waals surface area contributed by atoms with E-state index in [1.807, 2.05) is 0 Å². The number of methoxy groups -OCH3 is 1. The Labute approximate surface area is 216 Å². The van der Waals surface area contributed by atoms with Crippen molar-refractivity contribution in [3.8, 4) is 0 Å². The summed E-state index contributed by atoms with van der Waals surface area (Å²) in [6.45, 7) is 2.09. The number of nitrogens with two attached hydrogens (primary N) is 1. The van der Waals surface area contributed by atoms with Crippen molar-refractivity contribution in [3.05, 3.63) is 59.4 Å². The van der Waals surface area contributed by atoms with Crippen LogP contribution in [-0.4, -0.2) is 68.2 Å². The lowest BCUT2D eigenvalue weighted by molar-refractivity contribution is 0.0766. The summed E-state index contributed by atoms with van der Waals surface area (Å²) in [6.07, 6.45) is 3.50. The van der Waals surface area contributed by atoms with Crippen LogP contribution in [-0.2, 0) is 4.74 Å². The van der Waals surface area contributed by atoms with Crippen molar-refractivity contribution >= 4 is 29.3 Å². The molecular weight excluding hydrogens is 477 g/mol. The van der Waals surface area contributed by atoms with Gasteiger partial charge in [-0.3, -0.25) is 14.9 Å². The number of carbonyl (C=O) groups is 3. The molecule has 2 aromatic rings. The van der Waals surface area contributed by atoms with E-state index in [1.165, 1.54) is 25.3 Å². The molecule has 1 heterocycles. The van der Waals surface area contributed by atoms with E-state index >= 15 is 0 Å². The second kappa shape index (κ2) is 12.1. The third kappa shape index (κ3) is 6.76. The van der Waals surface area contributed by atoms with Crippen LogP contribution in [0.3, 0.4) is 0 Å². The molecule has 0 radical (unpaired) electrons. The zero-order chi connectivity index (χ0) is 26.4. The molecule has 2 aliphatic rings. The fourth-order valence-electron chi connectivity index (χ4n) is 4.91. The fraction of sp³-hybridized carbons (Fsp3) is 0.444. The van der Waals surface area contributed by atoms with Gasteiger partial charge in [0.05, 0.1) is 18.5 Å². The van der Waals surface area contributed by atoms with E-state index in [1.54, 1.807) is 29.2 Å². The number of hydrogen-bond donors (Lipinski definition) is 3. The average Bonchev–Trinajstić information content (AvgIpc) is 3.15. The van der Waals surface area contributed by atoms with Crippen molar-refractivity contribution in [2.24, 2.45) is 5.73 Å². The van der Waals surface area contributed by atoms with Crippen LogP contribution in [0.2, 0.25) is 0 Å². The van der Waals surface area contributed by atoms with Gasteiger partial charge < -0.3 is 25.6 Å². The first kappa shape index (κ1) is 26.4. The Morgan fingerprint density at radius 1 is 0.973 bits per heavy atom. The third-order valence-electron chi connectivity index (χ3n) is 6.98. The molecule has 1 aliphatic heterocycles. The minimum absolute atomic E-state index is 0.0798. The van der Waals surface area contributed by atoms with Crippen molar-refractivity contribution in [2.75, 3.05) is 43.5 Å². The number of nitrogens with zero attached hydrogens (tertiary/aromatic N) is 2. The number of amides is 3. The van der Waals surface area contributed by atoms with Crippen molar-refractivity contribution < 1.29 is 23.5 Å². The van der Waals surface area contributed by atoms with Gasteiger partial charge in [-0.15, -0.1) is 0 Å².